The maximum atomic E-state index is 2.37. The minimum absolute atomic E-state index is 1.20. The molecule has 0 nitrogen and oxygen atoms in total. The van der Waals surface area contributed by atoms with Crippen LogP contribution in [0.3, 0.4) is 0 Å². The van der Waals surface area contributed by atoms with Crippen molar-refractivity contribution in [1.82, 2.24) is 0 Å². The van der Waals surface area contributed by atoms with Gasteiger partial charge in [-0.25, -0.2) is 0 Å². The van der Waals surface area contributed by atoms with Crippen molar-refractivity contribution >= 4 is 64.4 Å². The second kappa shape index (κ2) is 9.52. The van der Waals surface area contributed by atoms with Crippen LogP contribution in [0.2, 0.25) is 0 Å². The molecule has 2 heteroatoms. The van der Waals surface area contributed by atoms with E-state index in [1.54, 1.807) is 0 Å². The summed E-state index contributed by atoms with van der Waals surface area (Å²) < 4.78 is 2.80. The lowest BCUT2D eigenvalue weighted by Crippen LogP contribution is -1.86. The van der Waals surface area contributed by atoms with Gasteiger partial charge in [0.2, 0.25) is 0 Å². The summed E-state index contributed by atoms with van der Waals surface area (Å²) in [7, 11) is 0. The van der Waals surface area contributed by atoms with Gasteiger partial charge in [-0.1, -0.05) is 99.7 Å². The molecule has 0 saturated heterocycles. The van der Waals surface area contributed by atoms with E-state index < -0.39 is 0 Å². The van der Waals surface area contributed by atoms with Gasteiger partial charge in [-0.05, 0) is 63.0 Å². The van der Waals surface area contributed by atoms with Gasteiger partial charge in [-0.15, -0.1) is 22.7 Å². The topological polar surface area (TPSA) is 0 Å². The number of fused-ring (bicyclic) bond motifs is 7. The highest BCUT2D eigenvalue weighted by atomic mass is 32.1. The zero-order valence-electron chi connectivity index (χ0n) is 19.8. The molecule has 0 N–H and O–H groups in total. The third kappa shape index (κ3) is 4.04. The number of thiophene rings is 2. The Morgan fingerprint density at radius 1 is 0.588 bits per heavy atom. The average Bonchev–Trinajstić information content (AvgIpc) is 3.53. The number of unbranched alkanes of at least 4 members (excludes halogenated alkanes) is 5. The first-order chi connectivity index (χ1) is 16.8. The maximum Gasteiger partial charge on any atom is 0.0428 e. The second-order valence-corrected chi connectivity index (χ2v) is 11.4. The Bertz CT molecular complexity index is 1580. The molecule has 0 fully saturated rings. The molecule has 4 aromatic carbocycles. The van der Waals surface area contributed by atoms with Gasteiger partial charge in [0.1, 0.15) is 0 Å². The van der Waals surface area contributed by atoms with Crippen LogP contribution < -0.4 is 0 Å². The Morgan fingerprint density at radius 2 is 1.26 bits per heavy atom. The van der Waals surface area contributed by atoms with Gasteiger partial charge in [0.15, 0.2) is 0 Å². The summed E-state index contributed by atoms with van der Waals surface area (Å²) in [6.45, 7) is 2.28. The molecular weight excluding hydrogens is 448 g/mol. The second-order valence-electron chi connectivity index (χ2n) is 9.47. The van der Waals surface area contributed by atoms with Crippen molar-refractivity contribution in [2.75, 3.05) is 0 Å². The lowest BCUT2D eigenvalue weighted by Gasteiger charge is -2.06. The fourth-order valence-electron chi connectivity index (χ4n) is 5.23. The Labute approximate surface area is 209 Å². The fourth-order valence-corrected chi connectivity index (χ4v) is 7.35. The van der Waals surface area contributed by atoms with Crippen molar-refractivity contribution in [3.8, 4) is 10.4 Å². The molecule has 2 heterocycles. The van der Waals surface area contributed by atoms with Crippen LogP contribution in [-0.2, 0) is 6.42 Å². The number of rotatable bonds is 8. The molecule has 170 valence electrons. The predicted molar refractivity (Wildman–Crippen MR) is 155 cm³/mol. The van der Waals surface area contributed by atoms with Gasteiger partial charge in [-0.2, -0.15) is 0 Å². The van der Waals surface area contributed by atoms with Crippen LogP contribution in [0.25, 0.3) is 52.2 Å². The molecule has 6 aromatic rings. The van der Waals surface area contributed by atoms with Crippen molar-refractivity contribution in [2.24, 2.45) is 0 Å². The van der Waals surface area contributed by atoms with Crippen molar-refractivity contribution in [3.63, 3.8) is 0 Å². The van der Waals surface area contributed by atoms with Gasteiger partial charge >= 0.3 is 0 Å². The lowest BCUT2D eigenvalue weighted by molar-refractivity contribution is 0.607. The zero-order chi connectivity index (χ0) is 22.9. The van der Waals surface area contributed by atoms with Crippen LogP contribution in [-0.4, -0.2) is 0 Å². The van der Waals surface area contributed by atoms with E-state index >= 15 is 0 Å². The van der Waals surface area contributed by atoms with Crippen LogP contribution in [0.4, 0.5) is 0 Å². The molecule has 0 atom stereocenters. The monoisotopic (exact) mass is 478 g/mol. The first kappa shape index (κ1) is 21.8. The minimum atomic E-state index is 1.20. The summed E-state index contributed by atoms with van der Waals surface area (Å²) in [6, 6.07) is 27.8. The molecule has 0 aliphatic heterocycles. The standard InChI is InChI=1S/C32H30S2/c1-2-3-4-5-6-7-8-22-9-11-23(12-10-22)30-21-25-14-16-27-26-15-13-24-19-20-33-31(24)28(26)17-18-29(27)32(25)34-30/h9-21H,2-8H2,1H3. The quantitative estimate of drug-likeness (QED) is 0.151. The Kier molecular flexibility index (Phi) is 6.11. The summed E-state index contributed by atoms with van der Waals surface area (Å²) in [4.78, 5) is 1.36. The summed E-state index contributed by atoms with van der Waals surface area (Å²) in [5.41, 5.74) is 2.80. The number of hydrogen-bond donors (Lipinski definition) is 0. The Hall–Kier alpha value is -2.68. The van der Waals surface area contributed by atoms with E-state index in [1.165, 1.54) is 103 Å². The molecule has 2 aromatic heterocycles. The summed E-state index contributed by atoms with van der Waals surface area (Å²) in [5, 5.41) is 10.4. The van der Waals surface area contributed by atoms with Gasteiger partial charge in [0, 0.05) is 25.0 Å². The molecule has 0 saturated carbocycles. The molecule has 6 rings (SSSR count). The molecule has 0 radical (unpaired) electrons. The van der Waals surface area contributed by atoms with Crippen molar-refractivity contribution in [3.05, 3.63) is 83.7 Å². The van der Waals surface area contributed by atoms with Crippen molar-refractivity contribution < 1.29 is 0 Å². The van der Waals surface area contributed by atoms with Crippen LogP contribution in [0.15, 0.2) is 78.2 Å². The molecule has 0 unspecified atom stereocenters. The molecule has 34 heavy (non-hydrogen) atoms. The van der Waals surface area contributed by atoms with Gasteiger partial charge < -0.3 is 0 Å². The SMILES string of the molecule is CCCCCCCCc1ccc(-c2cc3ccc4c5ccc6ccsc6c5ccc4c3s2)cc1. The van der Waals surface area contributed by atoms with E-state index in [0.717, 1.165) is 0 Å². The van der Waals surface area contributed by atoms with E-state index in [0.29, 0.717) is 0 Å². The van der Waals surface area contributed by atoms with Crippen LogP contribution >= 0.6 is 22.7 Å². The van der Waals surface area contributed by atoms with E-state index in [-0.39, 0.29) is 0 Å². The number of aryl methyl sites for hydroxylation is 1. The largest absolute Gasteiger partial charge is 0.143 e. The Morgan fingerprint density at radius 3 is 2.06 bits per heavy atom. The van der Waals surface area contributed by atoms with Crippen LogP contribution in [0.1, 0.15) is 51.0 Å². The van der Waals surface area contributed by atoms with E-state index in [2.05, 4.69) is 85.1 Å². The molecule has 0 spiro atoms. The lowest BCUT2D eigenvalue weighted by atomic mass is 9.99. The number of hydrogen-bond acceptors (Lipinski definition) is 2. The van der Waals surface area contributed by atoms with Crippen LogP contribution in [0.5, 0.6) is 0 Å². The highest BCUT2D eigenvalue weighted by molar-refractivity contribution is 7.23. The molecule has 0 aliphatic carbocycles. The van der Waals surface area contributed by atoms with Crippen molar-refractivity contribution in [1.29, 1.82) is 0 Å². The fraction of sp³-hybridized carbons (Fsp3) is 0.250. The van der Waals surface area contributed by atoms with Gasteiger partial charge in [0.25, 0.3) is 0 Å². The molecule has 0 amide bonds. The summed E-state index contributed by atoms with van der Waals surface area (Å²) in [5.74, 6) is 0. The highest BCUT2D eigenvalue weighted by Crippen LogP contribution is 2.41. The summed E-state index contributed by atoms with van der Waals surface area (Å²) >= 11 is 3.77. The molecular formula is C32H30S2. The van der Waals surface area contributed by atoms with E-state index in [4.69, 9.17) is 0 Å². The van der Waals surface area contributed by atoms with E-state index in [9.17, 15) is 0 Å². The van der Waals surface area contributed by atoms with Crippen molar-refractivity contribution in [2.45, 2.75) is 51.9 Å². The van der Waals surface area contributed by atoms with Crippen LogP contribution in [0, 0.1) is 0 Å². The maximum absolute atomic E-state index is 2.37. The third-order valence-electron chi connectivity index (χ3n) is 7.15. The van der Waals surface area contributed by atoms with Gasteiger partial charge in [0.05, 0.1) is 0 Å². The highest BCUT2D eigenvalue weighted by Gasteiger charge is 2.11. The zero-order valence-corrected chi connectivity index (χ0v) is 21.4. The molecule has 0 aliphatic rings. The molecule has 0 bridgehead atoms. The first-order valence-corrected chi connectivity index (χ1v) is 14.4. The normalized spacial score (nSPS) is 11.9. The smallest absolute Gasteiger partial charge is 0.0428 e. The predicted octanol–water partition coefficient (Wildman–Crippen LogP) is 11.0. The first-order valence-electron chi connectivity index (χ1n) is 12.7. The summed E-state index contributed by atoms with van der Waals surface area (Å²) in [6.07, 6.45) is 9.35. The van der Waals surface area contributed by atoms with Gasteiger partial charge in [-0.3, -0.25) is 0 Å². The van der Waals surface area contributed by atoms with E-state index in [1.807, 2.05) is 22.7 Å². The number of benzene rings is 4. The Balaban J connectivity index is 1.28. The third-order valence-corrected chi connectivity index (χ3v) is 9.35. The average molecular weight is 479 g/mol. The minimum Gasteiger partial charge on any atom is -0.143 e.